The minimum Gasteiger partial charge on any atom is -0.493 e. The molecule has 3 atom stereocenters. The normalized spacial score (nSPS) is 18.4. The monoisotopic (exact) mass is 675 g/mol. The molecule has 0 saturated heterocycles. The SMILES string of the molecule is Cc1ccc2c(c1)-c1cccc(c1)-c1nc3cc(C)c(C(OC(C)(C)C)C(=O)O)c(c3s1)-c1ccc3c(c1)C(CCCC[C@H](C)O2)CCO3. The number of nitrogens with zero attached hydrogens (tertiary/aromatic N) is 1. The van der Waals surface area contributed by atoms with Crippen molar-refractivity contribution in [2.45, 2.75) is 97.4 Å². The molecule has 0 radical (unpaired) electrons. The van der Waals surface area contributed by atoms with Crippen LogP contribution >= 0.6 is 11.3 Å². The number of carboxylic acids is 1. The molecule has 0 aliphatic carbocycles. The highest BCUT2D eigenvalue weighted by molar-refractivity contribution is 7.22. The molecule has 4 aromatic carbocycles. The van der Waals surface area contributed by atoms with Crippen molar-refractivity contribution in [2.24, 2.45) is 0 Å². The zero-order valence-electron chi connectivity index (χ0n) is 29.3. The number of rotatable bonds is 3. The third kappa shape index (κ3) is 6.84. The number of carbonyl (C=O) groups is 1. The molecule has 6 nitrogen and oxygen atoms in total. The zero-order valence-corrected chi connectivity index (χ0v) is 30.1. The molecule has 5 aromatic rings. The molecule has 6 bridgehead atoms. The number of thiazole rings is 1. The Morgan fingerprint density at radius 2 is 1.71 bits per heavy atom. The number of aromatic nitrogens is 1. The molecular weight excluding hydrogens is 631 g/mol. The van der Waals surface area contributed by atoms with E-state index in [-0.39, 0.29) is 6.10 Å². The van der Waals surface area contributed by atoms with Gasteiger partial charge in [0.2, 0.25) is 0 Å². The van der Waals surface area contributed by atoms with Gasteiger partial charge in [-0.2, -0.15) is 0 Å². The van der Waals surface area contributed by atoms with Crippen LogP contribution in [0.4, 0.5) is 0 Å². The zero-order chi connectivity index (χ0) is 34.4. The van der Waals surface area contributed by atoms with Crippen molar-refractivity contribution in [1.29, 1.82) is 0 Å². The summed E-state index contributed by atoms with van der Waals surface area (Å²) >= 11 is 1.60. The first-order chi connectivity index (χ1) is 23.4. The average Bonchev–Trinajstić information content (AvgIpc) is 3.48. The molecule has 7 rings (SSSR count). The second-order valence-corrected chi connectivity index (χ2v) is 15.7. The van der Waals surface area contributed by atoms with E-state index in [2.05, 4.69) is 74.5 Å². The molecule has 2 aliphatic rings. The molecule has 2 unspecified atom stereocenters. The van der Waals surface area contributed by atoms with E-state index in [0.717, 1.165) is 92.2 Å². The van der Waals surface area contributed by atoms with Crippen LogP contribution in [0.3, 0.4) is 0 Å². The van der Waals surface area contributed by atoms with Crippen LogP contribution in [-0.2, 0) is 9.53 Å². The van der Waals surface area contributed by atoms with Gasteiger partial charge in [0, 0.05) is 22.3 Å². The Balaban J connectivity index is 1.49. The summed E-state index contributed by atoms with van der Waals surface area (Å²) in [6.45, 7) is 12.7. The lowest BCUT2D eigenvalue weighted by atomic mass is 9.85. The first-order valence-corrected chi connectivity index (χ1v) is 18.3. The third-order valence-electron chi connectivity index (χ3n) is 9.64. The first kappa shape index (κ1) is 33.3. The second kappa shape index (κ2) is 13.3. The maximum absolute atomic E-state index is 13.0. The molecule has 7 heteroatoms. The maximum atomic E-state index is 13.0. The van der Waals surface area contributed by atoms with E-state index in [1.807, 2.05) is 33.8 Å². The van der Waals surface area contributed by atoms with E-state index >= 15 is 0 Å². The quantitative estimate of drug-likeness (QED) is 0.205. The van der Waals surface area contributed by atoms with Gasteiger partial charge < -0.3 is 19.3 Å². The number of carboxylic acid groups (broad SMARTS) is 1. The Morgan fingerprint density at radius 1 is 0.939 bits per heavy atom. The van der Waals surface area contributed by atoms with Crippen LogP contribution in [0, 0.1) is 13.8 Å². The van der Waals surface area contributed by atoms with Gasteiger partial charge in [0.05, 0.1) is 28.5 Å². The fraction of sp³-hybridized carbons (Fsp3) is 0.381. The van der Waals surface area contributed by atoms with E-state index in [1.165, 1.54) is 11.1 Å². The topological polar surface area (TPSA) is 77.9 Å². The van der Waals surface area contributed by atoms with Crippen molar-refractivity contribution in [3.8, 4) is 44.3 Å². The number of hydrogen-bond donors (Lipinski definition) is 1. The lowest BCUT2D eigenvalue weighted by Crippen LogP contribution is -2.28. The fourth-order valence-electron chi connectivity index (χ4n) is 7.36. The maximum Gasteiger partial charge on any atom is 0.337 e. The summed E-state index contributed by atoms with van der Waals surface area (Å²) in [7, 11) is 0. The molecule has 2 aliphatic heterocycles. The largest absolute Gasteiger partial charge is 0.493 e. The van der Waals surface area contributed by atoms with Gasteiger partial charge in [-0.05, 0) is 132 Å². The molecule has 49 heavy (non-hydrogen) atoms. The molecule has 3 heterocycles. The lowest BCUT2D eigenvalue weighted by molar-refractivity contribution is -0.160. The first-order valence-electron chi connectivity index (χ1n) is 17.4. The number of ether oxygens (including phenoxy) is 3. The predicted octanol–water partition coefficient (Wildman–Crippen LogP) is 11.1. The molecule has 1 aromatic heterocycles. The van der Waals surface area contributed by atoms with Crippen LogP contribution < -0.4 is 9.47 Å². The van der Waals surface area contributed by atoms with Crippen molar-refractivity contribution < 1.29 is 24.1 Å². The van der Waals surface area contributed by atoms with Gasteiger partial charge in [-0.1, -0.05) is 42.3 Å². The van der Waals surface area contributed by atoms with Crippen LogP contribution in [0.15, 0.2) is 66.7 Å². The molecule has 1 N–H and O–H groups in total. The van der Waals surface area contributed by atoms with Crippen LogP contribution in [0.1, 0.15) is 94.1 Å². The Morgan fingerprint density at radius 3 is 2.51 bits per heavy atom. The van der Waals surface area contributed by atoms with Gasteiger partial charge in [0.1, 0.15) is 16.5 Å². The summed E-state index contributed by atoms with van der Waals surface area (Å²) in [6, 6.07) is 23.3. The van der Waals surface area contributed by atoms with Crippen molar-refractivity contribution in [3.05, 3.63) is 89.0 Å². The Labute approximate surface area is 293 Å². The van der Waals surface area contributed by atoms with E-state index < -0.39 is 17.7 Å². The molecule has 0 spiro atoms. The summed E-state index contributed by atoms with van der Waals surface area (Å²) in [5, 5.41) is 11.5. The Kier molecular flexibility index (Phi) is 9.01. The number of fused-ring (bicyclic) bond motifs is 8. The predicted molar refractivity (Wildman–Crippen MR) is 198 cm³/mol. The van der Waals surface area contributed by atoms with Crippen molar-refractivity contribution >= 4 is 27.5 Å². The minimum atomic E-state index is -1.15. The highest BCUT2D eigenvalue weighted by Gasteiger charge is 2.33. The summed E-state index contributed by atoms with van der Waals surface area (Å²) in [5.41, 5.74) is 9.04. The van der Waals surface area contributed by atoms with Crippen molar-refractivity contribution in [3.63, 3.8) is 0 Å². The van der Waals surface area contributed by atoms with Gasteiger partial charge in [0.25, 0.3) is 0 Å². The van der Waals surface area contributed by atoms with Crippen molar-refractivity contribution in [1.82, 2.24) is 4.98 Å². The van der Waals surface area contributed by atoms with E-state index in [1.54, 1.807) is 11.3 Å². The van der Waals surface area contributed by atoms with Crippen LogP contribution in [0.5, 0.6) is 11.5 Å². The molecule has 0 amide bonds. The summed E-state index contributed by atoms with van der Waals surface area (Å²) in [4.78, 5) is 18.2. The van der Waals surface area contributed by atoms with Gasteiger partial charge in [-0.15, -0.1) is 11.3 Å². The van der Waals surface area contributed by atoms with Gasteiger partial charge >= 0.3 is 5.97 Å². The van der Waals surface area contributed by atoms with Gasteiger partial charge in [-0.3, -0.25) is 0 Å². The summed E-state index contributed by atoms with van der Waals surface area (Å²) < 4.78 is 20.1. The Hall–Kier alpha value is -4.20. The van der Waals surface area contributed by atoms with Crippen LogP contribution in [0.25, 0.3) is 43.0 Å². The number of aliphatic carboxylic acids is 1. The molecule has 254 valence electrons. The Bertz CT molecular complexity index is 2040. The molecule has 0 fully saturated rings. The second-order valence-electron chi connectivity index (χ2n) is 14.7. The van der Waals surface area contributed by atoms with E-state index in [4.69, 9.17) is 19.2 Å². The average molecular weight is 676 g/mol. The summed E-state index contributed by atoms with van der Waals surface area (Å²) in [5.74, 6) is 1.16. The smallest absolute Gasteiger partial charge is 0.337 e. The van der Waals surface area contributed by atoms with Gasteiger partial charge in [0.15, 0.2) is 6.10 Å². The highest BCUT2D eigenvalue weighted by Crippen LogP contribution is 2.47. The minimum absolute atomic E-state index is 0.0841. The van der Waals surface area contributed by atoms with Crippen LogP contribution in [0.2, 0.25) is 0 Å². The van der Waals surface area contributed by atoms with E-state index in [9.17, 15) is 9.90 Å². The lowest BCUT2D eigenvalue weighted by Gasteiger charge is -2.29. The number of hydrogen-bond acceptors (Lipinski definition) is 6. The fourth-order valence-corrected chi connectivity index (χ4v) is 8.48. The number of aryl methyl sites for hydroxylation is 2. The molecule has 0 saturated carbocycles. The van der Waals surface area contributed by atoms with Crippen LogP contribution in [-0.4, -0.2) is 34.4 Å². The summed E-state index contributed by atoms with van der Waals surface area (Å²) in [6.07, 6.45) is 4.07. The van der Waals surface area contributed by atoms with Crippen molar-refractivity contribution in [2.75, 3.05) is 6.61 Å². The standard InChI is InChI=1S/C42H45NO5S/c1-24-14-16-35-31(20-24)28-12-9-13-30(22-28)40-43-33-21-25(2)36(38(41(44)45)48-42(4,5)6)37(39(33)49-40)29-15-17-34-32(23-29)27(18-19-46-34)11-8-7-10-26(3)47-35/h9,12-17,20-23,26-27,38H,7-8,10-11,18-19H2,1-6H3,(H,44,45)/t26-,27?,38?/m0/s1. The third-order valence-corrected chi connectivity index (χ3v) is 10.8. The highest BCUT2D eigenvalue weighted by atomic mass is 32.1. The van der Waals surface area contributed by atoms with E-state index in [0.29, 0.717) is 18.1 Å². The number of benzene rings is 4. The molecular formula is C42H45NO5S. The van der Waals surface area contributed by atoms with Gasteiger partial charge in [-0.25, -0.2) is 9.78 Å².